The molecule has 2 heterocycles. The highest BCUT2D eigenvalue weighted by atomic mass is 19.4. The van der Waals surface area contributed by atoms with Gasteiger partial charge in [0, 0.05) is 0 Å². The zero-order valence-corrected chi connectivity index (χ0v) is 12.8. The summed E-state index contributed by atoms with van der Waals surface area (Å²) >= 11 is 0. The van der Waals surface area contributed by atoms with E-state index in [0.29, 0.717) is 5.69 Å². The van der Waals surface area contributed by atoms with E-state index >= 15 is 0 Å². The lowest BCUT2D eigenvalue weighted by Gasteiger charge is -2.21. The topological polar surface area (TPSA) is 57.0 Å². The Morgan fingerprint density at radius 1 is 1.25 bits per heavy atom. The second-order valence-corrected chi connectivity index (χ2v) is 5.98. The fourth-order valence-electron chi connectivity index (χ4n) is 2.84. The quantitative estimate of drug-likeness (QED) is 0.795. The van der Waals surface area contributed by atoms with Crippen molar-refractivity contribution in [1.29, 1.82) is 5.26 Å². The van der Waals surface area contributed by atoms with Gasteiger partial charge in [0.1, 0.15) is 6.07 Å². The molecule has 122 valence electrons. The predicted molar refractivity (Wildman–Crippen MR) is 80.6 cm³/mol. The van der Waals surface area contributed by atoms with Gasteiger partial charge in [-0.25, -0.2) is 4.98 Å². The van der Waals surface area contributed by atoms with E-state index in [-0.39, 0.29) is 11.6 Å². The zero-order chi connectivity index (χ0) is 17.7. The summed E-state index contributed by atoms with van der Waals surface area (Å²) in [5.41, 5.74) is -1.49. The Bertz CT molecular complexity index is 881. The van der Waals surface area contributed by atoms with Gasteiger partial charge < -0.3 is 0 Å². The number of pyridine rings is 1. The highest BCUT2D eigenvalue weighted by molar-refractivity contribution is 6.12. The molecule has 0 bridgehead atoms. The number of anilines is 2. The van der Waals surface area contributed by atoms with Crippen LogP contribution in [0.5, 0.6) is 0 Å². The fourth-order valence-corrected chi connectivity index (χ4v) is 2.84. The third-order valence-corrected chi connectivity index (χ3v) is 4.10. The van der Waals surface area contributed by atoms with Crippen LogP contribution in [0.2, 0.25) is 0 Å². The summed E-state index contributed by atoms with van der Waals surface area (Å²) in [6.45, 7) is 3.44. The van der Waals surface area contributed by atoms with E-state index in [1.54, 1.807) is 38.1 Å². The van der Waals surface area contributed by atoms with Crippen LogP contribution in [0.3, 0.4) is 0 Å². The average molecular weight is 331 g/mol. The number of para-hydroxylation sites is 1. The first-order chi connectivity index (χ1) is 11.2. The molecule has 1 amide bonds. The maximum Gasteiger partial charge on any atom is 0.419 e. The molecule has 0 saturated carbocycles. The third kappa shape index (κ3) is 2.22. The number of nitrogens with zero attached hydrogens (tertiary/aromatic N) is 3. The number of alkyl halides is 3. The molecule has 0 fully saturated rings. The fraction of sp³-hybridized carbons (Fsp3) is 0.235. The van der Waals surface area contributed by atoms with Crippen LogP contribution in [0.25, 0.3) is 0 Å². The summed E-state index contributed by atoms with van der Waals surface area (Å²) in [5, 5.41) is 8.84. The monoisotopic (exact) mass is 331 g/mol. The van der Waals surface area contributed by atoms with Crippen molar-refractivity contribution in [2.45, 2.75) is 25.4 Å². The first-order valence-electron chi connectivity index (χ1n) is 7.09. The molecule has 3 rings (SSSR count). The molecule has 1 aromatic carbocycles. The maximum absolute atomic E-state index is 13.2. The first-order valence-corrected chi connectivity index (χ1v) is 7.09. The molecule has 0 radical (unpaired) electrons. The van der Waals surface area contributed by atoms with E-state index in [1.807, 2.05) is 0 Å². The number of carbonyl (C=O) groups excluding carboxylic acids is 1. The Morgan fingerprint density at radius 2 is 1.92 bits per heavy atom. The zero-order valence-electron chi connectivity index (χ0n) is 12.8. The standard InChI is InChI=1S/C17H12F3N3O/c1-16(2)11-5-3-4-6-14(11)23(15(16)24)10-7-12(17(18,19)20)13(8-21)22-9-10/h3-7,9H,1-2H3. The molecule has 0 N–H and O–H groups in total. The number of amides is 1. The molecule has 24 heavy (non-hydrogen) atoms. The van der Waals surface area contributed by atoms with Gasteiger partial charge >= 0.3 is 6.18 Å². The highest BCUT2D eigenvalue weighted by Crippen LogP contribution is 2.45. The minimum atomic E-state index is -4.73. The molecule has 0 unspecified atom stereocenters. The number of hydrogen-bond acceptors (Lipinski definition) is 3. The Kier molecular flexibility index (Phi) is 3.37. The van der Waals surface area contributed by atoms with Crippen molar-refractivity contribution in [1.82, 2.24) is 4.98 Å². The molecule has 7 heteroatoms. The van der Waals surface area contributed by atoms with Gasteiger partial charge in [0.15, 0.2) is 5.69 Å². The molecule has 0 aliphatic carbocycles. The van der Waals surface area contributed by atoms with Gasteiger partial charge in [-0.2, -0.15) is 18.4 Å². The van der Waals surface area contributed by atoms with E-state index in [1.165, 1.54) is 11.0 Å². The van der Waals surface area contributed by atoms with Gasteiger partial charge in [0.2, 0.25) is 5.91 Å². The Hall–Kier alpha value is -2.88. The SMILES string of the molecule is CC1(C)C(=O)N(c2cnc(C#N)c(C(F)(F)F)c2)c2ccccc21. The maximum atomic E-state index is 13.2. The van der Waals surface area contributed by atoms with Crippen LogP contribution in [-0.4, -0.2) is 10.9 Å². The van der Waals surface area contributed by atoms with E-state index in [0.717, 1.165) is 17.8 Å². The molecule has 2 aromatic rings. The van der Waals surface area contributed by atoms with Crippen molar-refractivity contribution in [3.05, 3.63) is 53.3 Å². The smallest absolute Gasteiger partial charge is 0.278 e. The Labute approximate surface area is 136 Å². The number of aromatic nitrogens is 1. The van der Waals surface area contributed by atoms with Crippen LogP contribution < -0.4 is 4.90 Å². The lowest BCUT2D eigenvalue weighted by atomic mass is 9.86. The number of benzene rings is 1. The molecule has 1 aliphatic heterocycles. The minimum absolute atomic E-state index is 0.00986. The van der Waals surface area contributed by atoms with E-state index in [9.17, 15) is 18.0 Å². The van der Waals surface area contributed by atoms with Crippen molar-refractivity contribution in [2.24, 2.45) is 0 Å². The van der Waals surface area contributed by atoms with Gasteiger partial charge in [-0.05, 0) is 31.5 Å². The average Bonchev–Trinajstić information content (AvgIpc) is 2.73. The predicted octanol–water partition coefficient (Wildman–Crippen LogP) is 3.93. The lowest BCUT2D eigenvalue weighted by Crippen LogP contribution is -2.33. The van der Waals surface area contributed by atoms with E-state index in [4.69, 9.17) is 5.26 Å². The number of halogens is 3. The van der Waals surface area contributed by atoms with Crippen LogP contribution in [-0.2, 0) is 16.4 Å². The summed E-state index contributed by atoms with van der Waals surface area (Å²) in [4.78, 5) is 17.6. The molecule has 1 aromatic heterocycles. The van der Waals surface area contributed by atoms with Crippen LogP contribution in [0.1, 0.15) is 30.7 Å². The van der Waals surface area contributed by atoms with Crippen LogP contribution in [0.4, 0.5) is 24.5 Å². The van der Waals surface area contributed by atoms with Crippen molar-refractivity contribution in [3.63, 3.8) is 0 Å². The van der Waals surface area contributed by atoms with Crippen LogP contribution in [0, 0.1) is 11.3 Å². The van der Waals surface area contributed by atoms with Crippen molar-refractivity contribution < 1.29 is 18.0 Å². The Balaban J connectivity index is 2.21. The first kappa shape index (κ1) is 16.0. The number of carbonyl (C=O) groups is 1. The number of rotatable bonds is 1. The third-order valence-electron chi connectivity index (χ3n) is 4.10. The summed E-state index contributed by atoms with van der Waals surface area (Å²) in [6, 6.07) is 9.16. The number of fused-ring (bicyclic) bond motifs is 1. The van der Waals surface area contributed by atoms with E-state index in [2.05, 4.69) is 4.98 Å². The molecule has 0 spiro atoms. The van der Waals surface area contributed by atoms with Gasteiger partial charge in [0.25, 0.3) is 0 Å². The summed E-state index contributed by atoms with van der Waals surface area (Å²) < 4.78 is 39.5. The van der Waals surface area contributed by atoms with Crippen molar-refractivity contribution in [3.8, 4) is 6.07 Å². The van der Waals surface area contributed by atoms with Crippen LogP contribution in [0.15, 0.2) is 36.5 Å². The number of nitriles is 1. The molecular weight excluding hydrogens is 319 g/mol. The van der Waals surface area contributed by atoms with Gasteiger partial charge in [-0.15, -0.1) is 0 Å². The van der Waals surface area contributed by atoms with E-state index < -0.39 is 22.8 Å². The summed E-state index contributed by atoms with van der Waals surface area (Å²) in [7, 11) is 0. The molecule has 0 atom stereocenters. The normalized spacial score (nSPS) is 16.0. The highest BCUT2D eigenvalue weighted by Gasteiger charge is 2.45. The Morgan fingerprint density at radius 3 is 2.54 bits per heavy atom. The van der Waals surface area contributed by atoms with Crippen molar-refractivity contribution in [2.75, 3.05) is 4.90 Å². The molecule has 0 saturated heterocycles. The molecule has 4 nitrogen and oxygen atoms in total. The lowest BCUT2D eigenvalue weighted by molar-refractivity contribution is -0.138. The minimum Gasteiger partial charge on any atom is -0.278 e. The van der Waals surface area contributed by atoms with Gasteiger partial charge in [-0.3, -0.25) is 9.69 Å². The van der Waals surface area contributed by atoms with Crippen molar-refractivity contribution >= 4 is 17.3 Å². The summed E-state index contributed by atoms with van der Waals surface area (Å²) in [6.07, 6.45) is -3.62. The molecular formula is C17H12F3N3O. The second kappa shape index (κ2) is 5.06. The second-order valence-electron chi connectivity index (χ2n) is 5.98. The number of hydrogen-bond donors (Lipinski definition) is 0. The largest absolute Gasteiger partial charge is 0.419 e. The summed E-state index contributed by atoms with van der Waals surface area (Å²) in [5.74, 6) is -0.344. The molecule has 1 aliphatic rings. The van der Waals surface area contributed by atoms with Crippen LogP contribution >= 0.6 is 0 Å². The van der Waals surface area contributed by atoms with Gasteiger partial charge in [0.05, 0.1) is 28.6 Å². The van der Waals surface area contributed by atoms with Gasteiger partial charge in [-0.1, -0.05) is 18.2 Å².